The normalized spacial score (nSPS) is 17.0. The third-order valence-electron chi connectivity index (χ3n) is 7.92. The zero-order valence-electron chi connectivity index (χ0n) is 21.2. The van der Waals surface area contributed by atoms with E-state index in [1.165, 1.54) is 31.4 Å². The van der Waals surface area contributed by atoms with Crippen LogP contribution in [0.1, 0.15) is 54.8 Å². The van der Waals surface area contributed by atoms with Crippen molar-refractivity contribution in [1.29, 1.82) is 0 Å². The van der Waals surface area contributed by atoms with E-state index in [-0.39, 0.29) is 19.1 Å². The first-order valence-corrected chi connectivity index (χ1v) is 13.2. The first-order valence-electron chi connectivity index (χ1n) is 13.2. The van der Waals surface area contributed by atoms with Crippen molar-refractivity contribution in [2.45, 2.75) is 51.2 Å². The second-order valence-corrected chi connectivity index (χ2v) is 10.6. The van der Waals surface area contributed by atoms with Crippen LogP contribution in [0.5, 0.6) is 5.75 Å². The highest BCUT2D eigenvalue weighted by Crippen LogP contribution is 2.54. The van der Waals surface area contributed by atoms with Crippen LogP contribution in [-0.2, 0) is 17.8 Å². The fraction of sp³-hybridized carbons (Fsp3) is 0.387. The number of hydrogen-bond donors (Lipinski definition) is 3. The van der Waals surface area contributed by atoms with Crippen LogP contribution in [0.2, 0.25) is 0 Å². The Bertz CT molecular complexity index is 1240. The number of rotatable bonds is 10. The Morgan fingerprint density at radius 3 is 2.49 bits per heavy atom. The van der Waals surface area contributed by atoms with Gasteiger partial charge in [0.1, 0.15) is 12.4 Å². The number of aliphatic hydroxyl groups is 1. The van der Waals surface area contributed by atoms with Gasteiger partial charge >= 0.3 is 5.97 Å². The number of aliphatic carboxylic acids is 1. The van der Waals surface area contributed by atoms with Crippen LogP contribution in [-0.4, -0.2) is 35.9 Å². The number of carbonyl (C=O) groups is 1. The lowest BCUT2D eigenvalue weighted by Crippen LogP contribution is -2.34. The van der Waals surface area contributed by atoms with E-state index < -0.39 is 5.97 Å². The molecule has 3 aromatic carbocycles. The highest BCUT2D eigenvalue weighted by molar-refractivity contribution is 5.72. The minimum absolute atomic E-state index is 0.0577. The highest BCUT2D eigenvalue weighted by Gasteiger charge is 2.44. The van der Waals surface area contributed by atoms with Crippen LogP contribution in [0.4, 0.5) is 5.69 Å². The molecule has 0 bridgehead atoms. The van der Waals surface area contributed by atoms with Gasteiger partial charge in [-0.2, -0.15) is 0 Å². The Morgan fingerprint density at radius 1 is 0.973 bits per heavy atom. The van der Waals surface area contributed by atoms with Crippen molar-refractivity contribution in [3.8, 4) is 16.9 Å². The molecular weight excluding hydrogens is 464 g/mol. The van der Waals surface area contributed by atoms with Crippen molar-refractivity contribution in [2.24, 2.45) is 11.1 Å². The van der Waals surface area contributed by atoms with Gasteiger partial charge in [-0.15, -0.1) is 0 Å². The van der Waals surface area contributed by atoms with Crippen molar-refractivity contribution < 1.29 is 19.7 Å². The van der Waals surface area contributed by atoms with Gasteiger partial charge in [0.25, 0.3) is 0 Å². The summed E-state index contributed by atoms with van der Waals surface area (Å²) in [6.45, 7) is 2.53. The number of para-hydroxylation sites is 1. The Hall–Kier alpha value is -3.35. The predicted molar refractivity (Wildman–Crippen MR) is 146 cm³/mol. The SMILES string of the molecule is NC(CCO)c1cccc(-c2cc(COc3ccccc3CC(=O)O)cc(N3CCC4(CC3)CC4)c2)c1. The average molecular weight is 501 g/mol. The quantitative estimate of drug-likeness (QED) is 0.349. The molecule has 6 nitrogen and oxygen atoms in total. The van der Waals surface area contributed by atoms with Crippen molar-refractivity contribution in [1.82, 2.24) is 0 Å². The molecule has 0 radical (unpaired) electrons. The monoisotopic (exact) mass is 500 g/mol. The minimum Gasteiger partial charge on any atom is -0.489 e. The number of carboxylic acid groups (broad SMARTS) is 1. The van der Waals surface area contributed by atoms with Crippen molar-refractivity contribution in [3.63, 3.8) is 0 Å². The number of ether oxygens (including phenoxy) is 1. The maximum atomic E-state index is 11.3. The molecule has 2 aliphatic rings. The van der Waals surface area contributed by atoms with E-state index in [0.717, 1.165) is 35.3 Å². The van der Waals surface area contributed by atoms with Crippen LogP contribution >= 0.6 is 0 Å². The topological polar surface area (TPSA) is 96.0 Å². The molecule has 0 aromatic heterocycles. The lowest BCUT2D eigenvalue weighted by molar-refractivity contribution is -0.136. The van der Waals surface area contributed by atoms with Gasteiger partial charge in [-0.25, -0.2) is 0 Å². The zero-order chi connectivity index (χ0) is 25.8. The summed E-state index contributed by atoms with van der Waals surface area (Å²) in [6.07, 6.45) is 5.69. The fourth-order valence-corrected chi connectivity index (χ4v) is 5.39. The molecule has 1 unspecified atom stereocenters. The lowest BCUT2D eigenvalue weighted by Gasteiger charge is -2.34. The Labute approximate surface area is 218 Å². The molecule has 1 heterocycles. The molecule has 1 aliphatic heterocycles. The summed E-state index contributed by atoms with van der Waals surface area (Å²) >= 11 is 0. The number of aliphatic hydroxyl groups excluding tert-OH is 1. The number of nitrogens with zero attached hydrogens (tertiary/aromatic N) is 1. The molecule has 4 N–H and O–H groups in total. The molecular formula is C31H36N2O4. The van der Waals surface area contributed by atoms with Gasteiger partial charge in [0.05, 0.1) is 6.42 Å². The minimum atomic E-state index is -0.877. The van der Waals surface area contributed by atoms with E-state index in [2.05, 4.69) is 35.2 Å². The third kappa shape index (κ3) is 6.14. The number of piperidine rings is 1. The Balaban J connectivity index is 1.44. The maximum Gasteiger partial charge on any atom is 0.307 e. The predicted octanol–water partition coefficient (Wildman–Crippen LogP) is 5.32. The molecule has 3 aromatic rings. The molecule has 1 saturated heterocycles. The van der Waals surface area contributed by atoms with E-state index in [1.54, 1.807) is 6.07 Å². The lowest BCUT2D eigenvalue weighted by atomic mass is 9.92. The smallest absolute Gasteiger partial charge is 0.307 e. The van der Waals surface area contributed by atoms with E-state index in [0.29, 0.717) is 29.8 Å². The summed E-state index contributed by atoms with van der Waals surface area (Å²) < 4.78 is 6.16. The Kier molecular flexibility index (Phi) is 7.49. The van der Waals surface area contributed by atoms with E-state index in [1.807, 2.05) is 30.3 Å². The van der Waals surface area contributed by atoms with Crippen molar-refractivity contribution in [3.05, 3.63) is 83.4 Å². The molecule has 1 spiro atoms. The van der Waals surface area contributed by atoms with Gasteiger partial charge in [-0.05, 0) is 90.1 Å². The summed E-state index contributed by atoms with van der Waals surface area (Å²) in [6, 6.07) is 22.0. The molecule has 37 heavy (non-hydrogen) atoms. The van der Waals surface area contributed by atoms with Crippen LogP contribution in [0.25, 0.3) is 11.1 Å². The number of benzene rings is 3. The molecule has 6 heteroatoms. The first kappa shape index (κ1) is 25.3. The summed E-state index contributed by atoms with van der Waals surface area (Å²) in [7, 11) is 0. The van der Waals surface area contributed by atoms with Gasteiger partial charge < -0.3 is 25.6 Å². The summed E-state index contributed by atoms with van der Waals surface area (Å²) in [5, 5.41) is 18.6. The molecule has 1 aliphatic carbocycles. The number of nitrogens with two attached hydrogens (primary N) is 1. The molecule has 2 fully saturated rings. The molecule has 5 rings (SSSR count). The van der Waals surface area contributed by atoms with Crippen molar-refractivity contribution in [2.75, 3.05) is 24.6 Å². The number of anilines is 1. The molecule has 0 amide bonds. The van der Waals surface area contributed by atoms with Crippen LogP contribution in [0.15, 0.2) is 66.7 Å². The van der Waals surface area contributed by atoms with Gasteiger partial charge in [0, 0.05) is 37.0 Å². The number of carboxylic acids is 1. The van der Waals surface area contributed by atoms with Crippen LogP contribution in [0, 0.1) is 5.41 Å². The van der Waals surface area contributed by atoms with Gasteiger partial charge in [-0.3, -0.25) is 4.79 Å². The first-order chi connectivity index (χ1) is 17.9. The molecule has 1 atom stereocenters. The average Bonchev–Trinajstić information content (AvgIpc) is 3.67. The zero-order valence-corrected chi connectivity index (χ0v) is 21.2. The van der Waals surface area contributed by atoms with E-state index in [4.69, 9.17) is 10.5 Å². The third-order valence-corrected chi connectivity index (χ3v) is 7.92. The van der Waals surface area contributed by atoms with Crippen LogP contribution in [0.3, 0.4) is 0 Å². The van der Waals surface area contributed by atoms with Gasteiger partial charge in [0.15, 0.2) is 0 Å². The second-order valence-electron chi connectivity index (χ2n) is 10.6. The van der Waals surface area contributed by atoms with Crippen LogP contribution < -0.4 is 15.4 Å². The van der Waals surface area contributed by atoms with Crippen molar-refractivity contribution >= 4 is 11.7 Å². The standard InChI is InChI=1S/C31H36N2O4/c32-28(8-15-34)24-6-3-5-23(18-24)26-16-22(21-37-29-7-2-1-4-25(29)20-30(35)36)17-27(19-26)33-13-11-31(9-10-31)12-14-33/h1-7,16-19,28,34H,8-15,20-21,32H2,(H,35,36). The maximum absolute atomic E-state index is 11.3. The fourth-order valence-electron chi connectivity index (χ4n) is 5.39. The highest BCUT2D eigenvalue weighted by atomic mass is 16.5. The molecule has 194 valence electrons. The number of hydrogen-bond acceptors (Lipinski definition) is 5. The van der Waals surface area contributed by atoms with E-state index in [9.17, 15) is 15.0 Å². The largest absolute Gasteiger partial charge is 0.489 e. The molecule has 1 saturated carbocycles. The summed E-state index contributed by atoms with van der Waals surface area (Å²) in [4.78, 5) is 13.8. The summed E-state index contributed by atoms with van der Waals surface area (Å²) in [5.74, 6) is -0.277. The Morgan fingerprint density at radius 2 is 1.76 bits per heavy atom. The summed E-state index contributed by atoms with van der Waals surface area (Å²) in [5.41, 5.74) is 13.0. The second kappa shape index (κ2) is 11.0. The van der Waals surface area contributed by atoms with E-state index >= 15 is 0 Å². The van der Waals surface area contributed by atoms with Gasteiger partial charge in [-0.1, -0.05) is 36.4 Å². The van der Waals surface area contributed by atoms with Gasteiger partial charge in [0.2, 0.25) is 0 Å².